The van der Waals surface area contributed by atoms with Crippen molar-refractivity contribution in [2.24, 2.45) is 0 Å². The molecule has 0 aromatic rings. The number of allylic oxidation sites excluding steroid dienone is 1. The Bertz CT molecular complexity index is 82.2. The Labute approximate surface area is 40.3 Å². The molecule has 0 bridgehead atoms. The van der Waals surface area contributed by atoms with E-state index in [2.05, 4.69) is 6.58 Å². The molecule has 0 atom stereocenters. The van der Waals surface area contributed by atoms with Crippen LogP contribution in [0.25, 0.3) is 0 Å². The first kappa shape index (κ1) is 6.40. The topological polar surface area (TPSA) is 20.2 Å². The summed E-state index contributed by atoms with van der Waals surface area (Å²) in [5.41, 5.74) is 0. The summed E-state index contributed by atoms with van der Waals surface area (Å²) in [4.78, 5) is 0. The Balaban J connectivity index is 3.79. The molecule has 0 aliphatic heterocycles. The molecule has 0 unspecified atom stereocenters. The smallest absolute Gasteiger partial charge is 0.300 e. The molecule has 0 aromatic heterocycles. The molecule has 0 saturated heterocycles. The molecule has 0 fully saturated rings. The van der Waals surface area contributed by atoms with Gasteiger partial charge in [0.25, 0.3) is 5.92 Å². The minimum Gasteiger partial charge on any atom is -0.507 e. The van der Waals surface area contributed by atoms with E-state index in [-0.39, 0.29) is 0 Å². The average molecular weight is 108 g/mol. The maximum Gasteiger partial charge on any atom is 0.300 e. The van der Waals surface area contributed by atoms with Crippen LogP contribution in [0.15, 0.2) is 12.3 Å². The summed E-state index contributed by atoms with van der Waals surface area (Å²) in [5, 5.41) is 7.94. The molecule has 0 aliphatic carbocycles. The van der Waals surface area contributed by atoms with Crippen LogP contribution in [-0.2, 0) is 0 Å². The van der Waals surface area contributed by atoms with Crippen molar-refractivity contribution in [3.63, 3.8) is 0 Å². The van der Waals surface area contributed by atoms with Gasteiger partial charge in [0.2, 0.25) is 0 Å². The quantitative estimate of drug-likeness (QED) is 0.507. The molecule has 0 amide bonds. The highest BCUT2D eigenvalue weighted by Gasteiger charge is 2.24. The third-order valence-electron chi connectivity index (χ3n) is 0.507. The molecule has 0 rings (SSSR count). The van der Waals surface area contributed by atoms with Gasteiger partial charge in [0.05, 0.1) is 0 Å². The van der Waals surface area contributed by atoms with E-state index in [0.29, 0.717) is 6.92 Å². The fraction of sp³-hybridized carbons (Fsp3) is 0.500. The van der Waals surface area contributed by atoms with Gasteiger partial charge in [-0.2, -0.15) is 8.78 Å². The highest BCUT2D eigenvalue weighted by atomic mass is 19.3. The molecule has 0 aromatic carbocycles. The summed E-state index contributed by atoms with van der Waals surface area (Å²) in [7, 11) is 0. The fourth-order valence-electron chi connectivity index (χ4n) is 0. The Morgan fingerprint density at radius 2 is 1.86 bits per heavy atom. The van der Waals surface area contributed by atoms with Gasteiger partial charge in [0.1, 0.15) is 0 Å². The Kier molecular flexibility index (Phi) is 1.35. The molecule has 3 heteroatoms. The summed E-state index contributed by atoms with van der Waals surface area (Å²) in [5.74, 6) is -4.23. The van der Waals surface area contributed by atoms with Gasteiger partial charge >= 0.3 is 0 Å². The van der Waals surface area contributed by atoms with Crippen LogP contribution in [0.2, 0.25) is 0 Å². The molecule has 0 heterocycles. The SMILES string of the molecule is C=C(O)C(C)(F)F. The lowest BCUT2D eigenvalue weighted by Crippen LogP contribution is -2.11. The third kappa shape index (κ3) is 2.14. The summed E-state index contributed by atoms with van der Waals surface area (Å²) in [6.07, 6.45) is 0. The van der Waals surface area contributed by atoms with E-state index in [1.807, 2.05) is 0 Å². The molecule has 1 N–H and O–H groups in total. The van der Waals surface area contributed by atoms with E-state index in [1.165, 1.54) is 0 Å². The monoisotopic (exact) mass is 108 g/mol. The van der Waals surface area contributed by atoms with Crippen molar-refractivity contribution in [3.8, 4) is 0 Å². The van der Waals surface area contributed by atoms with Crippen molar-refractivity contribution in [2.45, 2.75) is 12.8 Å². The number of aliphatic hydroxyl groups is 1. The molecule has 0 saturated carbocycles. The molecule has 0 spiro atoms. The lowest BCUT2D eigenvalue weighted by Gasteiger charge is -2.04. The Morgan fingerprint density at radius 1 is 1.71 bits per heavy atom. The van der Waals surface area contributed by atoms with Gasteiger partial charge < -0.3 is 5.11 Å². The van der Waals surface area contributed by atoms with Crippen LogP contribution in [0, 0.1) is 0 Å². The van der Waals surface area contributed by atoms with Gasteiger partial charge in [0, 0.05) is 6.92 Å². The zero-order valence-corrected chi connectivity index (χ0v) is 3.91. The van der Waals surface area contributed by atoms with Crippen LogP contribution in [0.1, 0.15) is 6.92 Å². The third-order valence-corrected chi connectivity index (χ3v) is 0.507. The minimum absolute atomic E-state index is 0.579. The van der Waals surface area contributed by atoms with Crippen LogP contribution < -0.4 is 0 Å². The summed E-state index contributed by atoms with van der Waals surface area (Å²) in [6.45, 7) is 3.21. The maximum absolute atomic E-state index is 11.5. The van der Waals surface area contributed by atoms with Gasteiger partial charge in [0.15, 0.2) is 5.76 Å². The highest BCUT2D eigenvalue weighted by molar-refractivity contribution is 4.92. The molecule has 0 radical (unpaired) electrons. The number of hydrogen-bond donors (Lipinski definition) is 1. The normalized spacial score (nSPS) is 11.3. The first-order chi connectivity index (χ1) is 2.94. The van der Waals surface area contributed by atoms with Crippen molar-refractivity contribution >= 4 is 0 Å². The van der Waals surface area contributed by atoms with Crippen LogP contribution in [0.5, 0.6) is 0 Å². The zero-order chi connectivity index (χ0) is 6.08. The largest absolute Gasteiger partial charge is 0.507 e. The fourth-order valence-corrected chi connectivity index (χ4v) is 0. The van der Waals surface area contributed by atoms with E-state index in [4.69, 9.17) is 5.11 Å². The van der Waals surface area contributed by atoms with E-state index >= 15 is 0 Å². The van der Waals surface area contributed by atoms with Gasteiger partial charge in [-0.3, -0.25) is 0 Å². The van der Waals surface area contributed by atoms with Gasteiger partial charge in [-0.15, -0.1) is 0 Å². The molecule has 42 valence electrons. The zero-order valence-electron chi connectivity index (χ0n) is 3.91. The van der Waals surface area contributed by atoms with Crippen molar-refractivity contribution in [1.82, 2.24) is 0 Å². The van der Waals surface area contributed by atoms with E-state index < -0.39 is 11.7 Å². The van der Waals surface area contributed by atoms with Crippen LogP contribution in [0.3, 0.4) is 0 Å². The first-order valence-electron chi connectivity index (χ1n) is 1.71. The summed E-state index contributed by atoms with van der Waals surface area (Å²) >= 11 is 0. The standard InChI is InChI=1S/C4H6F2O/c1-3(7)4(2,5)6/h7H,1H2,2H3. The number of rotatable bonds is 1. The number of aliphatic hydroxyl groups excluding tert-OH is 1. The van der Waals surface area contributed by atoms with Crippen molar-refractivity contribution < 1.29 is 13.9 Å². The predicted octanol–water partition coefficient (Wildman–Crippen LogP) is 1.71. The average Bonchev–Trinajstić information content (AvgIpc) is 1.31. The van der Waals surface area contributed by atoms with Crippen molar-refractivity contribution in [2.75, 3.05) is 0 Å². The Morgan fingerprint density at radius 3 is 1.86 bits per heavy atom. The summed E-state index contributed by atoms with van der Waals surface area (Å²) < 4.78 is 23.0. The van der Waals surface area contributed by atoms with Gasteiger partial charge in [-0.1, -0.05) is 6.58 Å². The second-order valence-electron chi connectivity index (χ2n) is 1.34. The van der Waals surface area contributed by atoms with E-state index in [0.717, 1.165) is 0 Å². The molecule has 7 heavy (non-hydrogen) atoms. The first-order valence-corrected chi connectivity index (χ1v) is 1.71. The number of hydrogen-bond acceptors (Lipinski definition) is 1. The van der Waals surface area contributed by atoms with Crippen LogP contribution >= 0.6 is 0 Å². The lowest BCUT2D eigenvalue weighted by molar-refractivity contribution is 0.0197. The Hall–Kier alpha value is -0.600. The predicted molar refractivity (Wildman–Crippen MR) is 22.4 cm³/mol. The van der Waals surface area contributed by atoms with Crippen molar-refractivity contribution in [3.05, 3.63) is 12.3 Å². The van der Waals surface area contributed by atoms with Gasteiger partial charge in [-0.05, 0) is 0 Å². The molecule has 0 aliphatic rings. The second-order valence-corrected chi connectivity index (χ2v) is 1.34. The molecule has 1 nitrogen and oxygen atoms in total. The van der Waals surface area contributed by atoms with E-state index in [9.17, 15) is 8.78 Å². The number of alkyl halides is 2. The van der Waals surface area contributed by atoms with Crippen molar-refractivity contribution in [1.29, 1.82) is 0 Å². The van der Waals surface area contributed by atoms with E-state index in [1.54, 1.807) is 0 Å². The van der Waals surface area contributed by atoms with Crippen LogP contribution in [0.4, 0.5) is 8.78 Å². The van der Waals surface area contributed by atoms with Gasteiger partial charge in [-0.25, -0.2) is 0 Å². The second kappa shape index (κ2) is 1.48. The van der Waals surface area contributed by atoms with Crippen LogP contribution in [-0.4, -0.2) is 11.0 Å². The number of halogens is 2. The highest BCUT2D eigenvalue weighted by Crippen LogP contribution is 2.17. The lowest BCUT2D eigenvalue weighted by atomic mass is 10.3. The summed E-state index contributed by atoms with van der Waals surface area (Å²) in [6, 6.07) is 0. The minimum atomic E-state index is -3.14. The maximum atomic E-state index is 11.5. The molecular formula is C4H6F2O. The molecular weight excluding hydrogens is 102 g/mol.